The summed E-state index contributed by atoms with van der Waals surface area (Å²) in [6.45, 7) is 3.81. The number of halogens is 1. The fourth-order valence-electron chi connectivity index (χ4n) is 1.90. The first-order valence-electron chi connectivity index (χ1n) is 7.29. The summed E-state index contributed by atoms with van der Waals surface area (Å²) in [4.78, 5) is 15.7. The number of benzene rings is 1. The Hall–Kier alpha value is -2.60. The molecule has 0 saturated heterocycles. The number of amides is 1. The average Bonchev–Trinajstić information content (AvgIpc) is 2.57. The highest BCUT2D eigenvalue weighted by Gasteiger charge is 2.13. The number of hydrazone groups is 1. The molecule has 0 aliphatic heterocycles. The lowest BCUT2D eigenvalue weighted by atomic mass is 10.2. The van der Waals surface area contributed by atoms with E-state index in [-0.39, 0.29) is 12.0 Å². The summed E-state index contributed by atoms with van der Waals surface area (Å²) in [6, 6.07) is 6.61. The van der Waals surface area contributed by atoms with Gasteiger partial charge in [-0.3, -0.25) is 9.78 Å². The number of ether oxygens (including phenoxy) is 2. The van der Waals surface area contributed by atoms with Crippen LogP contribution in [0.5, 0.6) is 11.5 Å². The predicted octanol–water partition coefficient (Wildman–Crippen LogP) is 3.29. The molecule has 0 bridgehead atoms. The van der Waals surface area contributed by atoms with E-state index in [1.54, 1.807) is 24.3 Å². The van der Waals surface area contributed by atoms with E-state index in [2.05, 4.69) is 15.5 Å². The number of aromatic nitrogens is 1. The van der Waals surface area contributed by atoms with Crippen LogP contribution in [0, 0.1) is 0 Å². The van der Waals surface area contributed by atoms with Crippen LogP contribution in [0.1, 0.15) is 29.8 Å². The second kappa shape index (κ2) is 8.31. The molecule has 0 fully saturated rings. The average molecular weight is 348 g/mol. The zero-order valence-corrected chi connectivity index (χ0v) is 14.4. The molecular weight excluding hydrogens is 330 g/mol. The van der Waals surface area contributed by atoms with Gasteiger partial charge in [-0.1, -0.05) is 11.6 Å². The molecule has 24 heavy (non-hydrogen) atoms. The van der Waals surface area contributed by atoms with Gasteiger partial charge < -0.3 is 9.47 Å². The van der Waals surface area contributed by atoms with E-state index in [1.165, 1.54) is 25.7 Å². The largest absolute Gasteiger partial charge is 0.493 e. The van der Waals surface area contributed by atoms with Gasteiger partial charge in [-0.15, -0.1) is 0 Å². The molecule has 0 radical (unpaired) electrons. The number of nitrogens with zero attached hydrogens (tertiary/aromatic N) is 2. The van der Waals surface area contributed by atoms with Gasteiger partial charge >= 0.3 is 0 Å². The minimum Gasteiger partial charge on any atom is -0.493 e. The zero-order chi connectivity index (χ0) is 17.5. The van der Waals surface area contributed by atoms with Crippen molar-refractivity contribution in [1.29, 1.82) is 0 Å². The van der Waals surface area contributed by atoms with Crippen molar-refractivity contribution < 1.29 is 14.3 Å². The van der Waals surface area contributed by atoms with Gasteiger partial charge in [-0.25, -0.2) is 5.43 Å². The summed E-state index contributed by atoms with van der Waals surface area (Å²) < 4.78 is 10.9. The Morgan fingerprint density at radius 2 is 2.04 bits per heavy atom. The third-order valence-electron chi connectivity index (χ3n) is 2.93. The van der Waals surface area contributed by atoms with Crippen LogP contribution in [-0.4, -0.2) is 30.3 Å². The quantitative estimate of drug-likeness (QED) is 0.642. The van der Waals surface area contributed by atoms with Crippen molar-refractivity contribution >= 4 is 23.7 Å². The second-order valence-corrected chi connectivity index (χ2v) is 5.54. The number of carbonyl (C=O) groups excluding carboxylic acids is 1. The van der Waals surface area contributed by atoms with E-state index in [4.69, 9.17) is 21.1 Å². The molecule has 2 aromatic rings. The first-order chi connectivity index (χ1) is 11.5. The summed E-state index contributed by atoms with van der Waals surface area (Å²) in [5.41, 5.74) is 3.58. The molecule has 2 rings (SSSR count). The minimum absolute atomic E-state index is 0.0319. The minimum atomic E-state index is -0.327. The lowest BCUT2D eigenvalue weighted by Gasteiger charge is -2.15. The van der Waals surface area contributed by atoms with Crippen LogP contribution < -0.4 is 14.9 Å². The van der Waals surface area contributed by atoms with E-state index in [0.717, 1.165) is 0 Å². The van der Waals surface area contributed by atoms with Gasteiger partial charge in [0.15, 0.2) is 11.5 Å². The molecule has 126 valence electrons. The molecule has 0 atom stereocenters. The SMILES string of the molecule is COc1cc(/C=N\NC(=O)c2ccncc2)cc(Cl)c1OC(C)C. The molecule has 6 nitrogen and oxygen atoms in total. The fraction of sp³-hybridized carbons (Fsp3) is 0.235. The molecule has 0 spiro atoms. The van der Waals surface area contributed by atoms with Gasteiger partial charge in [0.05, 0.1) is 24.5 Å². The molecule has 7 heteroatoms. The Bertz CT molecular complexity index is 733. The molecule has 1 heterocycles. The Kier molecular flexibility index (Phi) is 6.14. The van der Waals surface area contributed by atoms with Crippen molar-refractivity contribution in [2.75, 3.05) is 7.11 Å². The van der Waals surface area contributed by atoms with Crippen LogP contribution in [0.4, 0.5) is 0 Å². The van der Waals surface area contributed by atoms with Gasteiger partial charge in [0, 0.05) is 18.0 Å². The predicted molar refractivity (Wildman–Crippen MR) is 93.1 cm³/mol. The maximum absolute atomic E-state index is 11.9. The lowest BCUT2D eigenvalue weighted by molar-refractivity contribution is 0.0955. The first-order valence-corrected chi connectivity index (χ1v) is 7.66. The Morgan fingerprint density at radius 3 is 2.67 bits per heavy atom. The smallest absolute Gasteiger partial charge is 0.271 e. The molecule has 1 aromatic carbocycles. The molecule has 1 N–H and O–H groups in total. The van der Waals surface area contributed by atoms with Gasteiger partial charge in [0.2, 0.25) is 0 Å². The Labute approximate surface area is 145 Å². The fourth-order valence-corrected chi connectivity index (χ4v) is 2.16. The molecule has 1 amide bonds. The normalized spacial score (nSPS) is 10.9. The number of rotatable bonds is 6. The van der Waals surface area contributed by atoms with Crippen LogP contribution in [0.25, 0.3) is 0 Å². The maximum Gasteiger partial charge on any atom is 0.271 e. The molecule has 1 aromatic heterocycles. The van der Waals surface area contributed by atoms with E-state index in [1.807, 2.05) is 13.8 Å². The third-order valence-corrected chi connectivity index (χ3v) is 3.21. The topological polar surface area (TPSA) is 72.8 Å². The lowest BCUT2D eigenvalue weighted by Crippen LogP contribution is -2.17. The summed E-state index contributed by atoms with van der Waals surface area (Å²) >= 11 is 6.23. The highest BCUT2D eigenvalue weighted by molar-refractivity contribution is 6.32. The summed E-state index contributed by atoms with van der Waals surface area (Å²) in [6.07, 6.45) is 4.52. The zero-order valence-electron chi connectivity index (χ0n) is 13.6. The number of hydrogen-bond acceptors (Lipinski definition) is 5. The molecular formula is C17H18ClN3O3. The van der Waals surface area contributed by atoms with E-state index >= 15 is 0 Å². The van der Waals surface area contributed by atoms with Crippen molar-refractivity contribution in [3.05, 3.63) is 52.8 Å². The maximum atomic E-state index is 11.9. The monoisotopic (exact) mass is 347 g/mol. The molecule has 0 aliphatic rings. The van der Waals surface area contributed by atoms with Gasteiger partial charge in [-0.05, 0) is 43.7 Å². The van der Waals surface area contributed by atoms with Crippen molar-refractivity contribution in [1.82, 2.24) is 10.4 Å². The van der Waals surface area contributed by atoms with Crippen LogP contribution in [0.2, 0.25) is 5.02 Å². The third kappa shape index (κ3) is 4.70. The Balaban J connectivity index is 2.12. The van der Waals surface area contributed by atoms with Crippen LogP contribution in [0.3, 0.4) is 0 Å². The van der Waals surface area contributed by atoms with E-state index in [9.17, 15) is 4.79 Å². The summed E-state index contributed by atoms with van der Waals surface area (Å²) in [5, 5.41) is 4.33. The van der Waals surface area contributed by atoms with Crippen molar-refractivity contribution in [3.8, 4) is 11.5 Å². The van der Waals surface area contributed by atoms with Crippen molar-refractivity contribution in [3.63, 3.8) is 0 Å². The number of hydrogen-bond donors (Lipinski definition) is 1. The summed E-state index contributed by atoms with van der Waals surface area (Å²) in [5.74, 6) is 0.650. The van der Waals surface area contributed by atoms with Gasteiger partial charge in [-0.2, -0.15) is 5.10 Å². The van der Waals surface area contributed by atoms with Gasteiger partial charge in [0.1, 0.15) is 0 Å². The first kappa shape index (κ1) is 17.7. The highest BCUT2D eigenvalue weighted by atomic mass is 35.5. The van der Waals surface area contributed by atoms with Gasteiger partial charge in [0.25, 0.3) is 5.91 Å². The second-order valence-electron chi connectivity index (χ2n) is 5.14. The molecule has 0 saturated carbocycles. The standard InChI is InChI=1S/C17H18ClN3O3/c1-11(2)24-16-14(18)8-12(9-15(16)23-3)10-20-21-17(22)13-4-6-19-7-5-13/h4-11H,1-3H3,(H,21,22)/b20-10-. The van der Waals surface area contributed by atoms with Crippen molar-refractivity contribution in [2.45, 2.75) is 20.0 Å². The molecule has 0 aliphatic carbocycles. The van der Waals surface area contributed by atoms with Crippen LogP contribution in [-0.2, 0) is 0 Å². The number of pyridine rings is 1. The van der Waals surface area contributed by atoms with Crippen molar-refractivity contribution in [2.24, 2.45) is 5.10 Å². The van der Waals surface area contributed by atoms with E-state index < -0.39 is 0 Å². The molecule has 0 unspecified atom stereocenters. The van der Waals surface area contributed by atoms with Crippen LogP contribution >= 0.6 is 11.6 Å². The number of nitrogens with one attached hydrogen (secondary N) is 1. The number of methoxy groups -OCH3 is 1. The highest BCUT2D eigenvalue weighted by Crippen LogP contribution is 2.36. The van der Waals surface area contributed by atoms with E-state index in [0.29, 0.717) is 27.6 Å². The number of carbonyl (C=O) groups is 1. The van der Waals surface area contributed by atoms with Crippen LogP contribution in [0.15, 0.2) is 41.8 Å². The summed E-state index contributed by atoms with van der Waals surface area (Å²) in [7, 11) is 1.53. The Morgan fingerprint density at radius 1 is 1.33 bits per heavy atom.